The van der Waals surface area contributed by atoms with Crippen molar-refractivity contribution >= 4 is 10.5 Å². The van der Waals surface area contributed by atoms with Gasteiger partial charge < -0.3 is 4.43 Å². The smallest absolute Gasteiger partial charge is 0.146 e. The van der Waals surface area contributed by atoms with E-state index in [2.05, 4.69) is 0 Å². The molecule has 0 aliphatic rings. The van der Waals surface area contributed by atoms with Crippen LogP contribution in [0.3, 0.4) is 0 Å². The second kappa shape index (κ2) is 2.42. The Morgan fingerprint density at radius 3 is 1.80 bits per heavy atom. The molecule has 0 unspecified atom stereocenters. The molecule has 0 aromatic carbocycles. The summed E-state index contributed by atoms with van der Waals surface area (Å²) in [6, 6.07) is 0. The highest BCUT2D eigenvalue weighted by molar-refractivity contribution is 5.98. The zero-order valence-electron chi connectivity index (χ0n) is 3.91. The van der Waals surface area contributed by atoms with Gasteiger partial charge in [0.05, 0.1) is 6.10 Å². The molecular formula is C3H9OSi. The first-order valence-corrected chi connectivity index (χ1v) is 2.43. The lowest BCUT2D eigenvalue weighted by atomic mass is 10.5. The predicted octanol–water partition coefficient (Wildman–Crippen LogP) is -0.145. The Morgan fingerprint density at radius 1 is 1.60 bits per heavy atom. The van der Waals surface area contributed by atoms with Gasteiger partial charge in [0.25, 0.3) is 0 Å². The van der Waals surface area contributed by atoms with E-state index in [9.17, 15) is 0 Å². The third-order valence-corrected chi connectivity index (χ3v) is 1.22. The van der Waals surface area contributed by atoms with Gasteiger partial charge in [0, 0.05) is 0 Å². The Hall–Kier alpha value is 0.177. The van der Waals surface area contributed by atoms with Gasteiger partial charge >= 0.3 is 0 Å². The highest BCUT2D eigenvalue weighted by Gasteiger charge is 1.79. The van der Waals surface area contributed by atoms with E-state index in [0.717, 1.165) is 16.6 Å². The SMILES string of the molecule is C[C](C)O[SiH3]. The molecular weight excluding hydrogens is 80.1 g/mol. The summed E-state index contributed by atoms with van der Waals surface area (Å²) in [5, 5.41) is 0. The molecule has 31 valence electrons. The summed E-state index contributed by atoms with van der Waals surface area (Å²) in [6.07, 6.45) is 1.07. The molecule has 0 N–H and O–H groups in total. The molecule has 2 heteroatoms. The number of rotatable bonds is 1. The average molecular weight is 89.2 g/mol. The third-order valence-electron chi connectivity index (χ3n) is 0.408. The van der Waals surface area contributed by atoms with E-state index < -0.39 is 0 Å². The van der Waals surface area contributed by atoms with Crippen LogP contribution in [0.15, 0.2) is 0 Å². The first kappa shape index (κ1) is 5.18. The van der Waals surface area contributed by atoms with Crippen LogP contribution in [0.5, 0.6) is 0 Å². The molecule has 0 amide bonds. The molecule has 0 bridgehead atoms. The standard InChI is InChI=1S/C3H9OSi/c1-3(2)4-5/h1-2,5H3. The lowest BCUT2D eigenvalue weighted by Gasteiger charge is -1.94. The highest BCUT2D eigenvalue weighted by atomic mass is 28.2. The van der Waals surface area contributed by atoms with Crippen molar-refractivity contribution in [3.63, 3.8) is 0 Å². The fourth-order valence-corrected chi connectivity index (χ4v) is 0. The van der Waals surface area contributed by atoms with Gasteiger partial charge in [0.2, 0.25) is 0 Å². The van der Waals surface area contributed by atoms with Crippen molar-refractivity contribution in [3.8, 4) is 0 Å². The third kappa shape index (κ3) is 4.18. The fraction of sp³-hybridized carbons (Fsp3) is 0.667. The first-order chi connectivity index (χ1) is 2.27. The number of hydrogen-bond donors (Lipinski definition) is 0. The molecule has 0 rings (SSSR count). The molecule has 0 saturated carbocycles. The average Bonchev–Trinajstić information content (AvgIpc) is 1.38. The molecule has 5 heavy (non-hydrogen) atoms. The van der Waals surface area contributed by atoms with Crippen LogP contribution in [0.4, 0.5) is 0 Å². The van der Waals surface area contributed by atoms with Crippen molar-refractivity contribution in [2.75, 3.05) is 0 Å². The minimum Gasteiger partial charge on any atom is -0.420 e. The summed E-state index contributed by atoms with van der Waals surface area (Å²) >= 11 is 0. The lowest BCUT2D eigenvalue weighted by Crippen LogP contribution is -1.84. The van der Waals surface area contributed by atoms with Gasteiger partial charge in [-0.25, -0.2) is 0 Å². The van der Waals surface area contributed by atoms with Crippen LogP contribution in [0.25, 0.3) is 0 Å². The van der Waals surface area contributed by atoms with Crippen molar-refractivity contribution in [3.05, 3.63) is 6.10 Å². The summed E-state index contributed by atoms with van der Waals surface area (Å²) in [7, 11) is 0.836. The topological polar surface area (TPSA) is 9.23 Å². The molecule has 0 aliphatic carbocycles. The van der Waals surface area contributed by atoms with Crippen molar-refractivity contribution in [2.24, 2.45) is 0 Å². The minimum atomic E-state index is 0.836. The fourth-order valence-electron chi connectivity index (χ4n) is 0. The second-order valence-corrected chi connectivity index (χ2v) is 1.52. The monoisotopic (exact) mass is 89.0 g/mol. The lowest BCUT2D eigenvalue weighted by molar-refractivity contribution is 0.380. The molecule has 0 aromatic heterocycles. The van der Waals surface area contributed by atoms with E-state index in [1.165, 1.54) is 0 Å². The summed E-state index contributed by atoms with van der Waals surface area (Å²) in [6.45, 7) is 3.90. The van der Waals surface area contributed by atoms with Crippen LogP contribution in [-0.4, -0.2) is 10.5 Å². The van der Waals surface area contributed by atoms with Crippen molar-refractivity contribution in [1.29, 1.82) is 0 Å². The Labute approximate surface area is 35.9 Å². The van der Waals surface area contributed by atoms with E-state index in [1.54, 1.807) is 0 Å². The molecule has 1 radical (unpaired) electrons. The summed E-state index contributed by atoms with van der Waals surface area (Å²) in [5.74, 6) is 0. The molecule has 0 spiro atoms. The van der Waals surface area contributed by atoms with E-state index in [1.807, 2.05) is 13.8 Å². The second-order valence-electron chi connectivity index (χ2n) is 1.11. The molecule has 1 nitrogen and oxygen atoms in total. The summed E-state index contributed by atoms with van der Waals surface area (Å²) in [4.78, 5) is 0. The zero-order valence-corrected chi connectivity index (χ0v) is 5.91. The molecule has 0 saturated heterocycles. The first-order valence-electron chi connectivity index (χ1n) is 1.61. The van der Waals surface area contributed by atoms with E-state index in [4.69, 9.17) is 4.43 Å². The number of hydrogen-bond acceptors (Lipinski definition) is 1. The van der Waals surface area contributed by atoms with Crippen LogP contribution >= 0.6 is 0 Å². The predicted molar refractivity (Wildman–Crippen MR) is 25.6 cm³/mol. The summed E-state index contributed by atoms with van der Waals surface area (Å²) < 4.78 is 4.81. The minimum absolute atomic E-state index is 0.836. The molecule has 0 heterocycles. The van der Waals surface area contributed by atoms with Crippen molar-refractivity contribution < 1.29 is 4.43 Å². The van der Waals surface area contributed by atoms with Gasteiger partial charge in [-0.15, -0.1) is 0 Å². The van der Waals surface area contributed by atoms with E-state index >= 15 is 0 Å². The maximum Gasteiger partial charge on any atom is 0.146 e. The van der Waals surface area contributed by atoms with Crippen LogP contribution in [-0.2, 0) is 4.43 Å². The van der Waals surface area contributed by atoms with Crippen LogP contribution in [0, 0.1) is 6.10 Å². The van der Waals surface area contributed by atoms with Gasteiger partial charge in [-0.2, -0.15) is 0 Å². The van der Waals surface area contributed by atoms with Gasteiger partial charge in [-0.3, -0.25) is 0 Å². The van der Waals surface area contributed by atoms with Gasteiger partial charge in [0.1, 0.15) is 10.5 Å². The Bertz CT molecular complexity index is 20.9. The Kier molecular flexibility index (Phi) is 2.50. The highest BCUT2D eigenvalue weighted by Crippen LogP contribution is 1.89. The van der Waals surface area contributed by atoms with E-state index in [0.29, 0.717) is 0 Å². The van der Waals surface area contributed by atoms with Gasteiger partial charge in [-0.1, -0.05) is 0 Å². The Morgan fingerprint density at radius 2 is 1.80 bits per heavy atom. The molecule has 0 fully saturated rings. The van der Waals surface area contributed by atoms with Crippen molar-refractivity contribution in [2.45, 2.75) is 13.8 Å². The van der Waals surface area contributed by atoms with Gasteiger partial charge in [0.15, 0.2) is 0 Å². The maximum absolute atomic E-state index is 4.81. The molecule has 0 aliphatic heterocycles. The van der Waals surface area contributed by atoms with Gasteiger partial charge in [-0.05, 0) is 13.8 Å². The normalized spacial score (nSPS) is 10.2. The van der Waals surface area contributed by atoms with Crippen LogP contribution < -0.4 is 0 Å². The molecule has 0 atom stereocenters. The summed E-state index contributed by atoms with van der Waals surface area (Å²) in [5.41, 5.74) is 0. The van der Waals surface area contributed by atoms with E-state index in [-0.39, 0.29) is 0 Å². The van der Waals surface area contributed by atoms with Crippen LogP contribution in [0.2, 0.25) is 0 Å². The quantitative estimate of drug-likeness (QED) is 0.406. The molecule has 0 aromatic rings. The zero-order chi connectivity index (χ0) is 4.28. The largest absolute Gasteiger partial charge is 0.420 e. The van der Waals surface area contributed by atoms with Crippen LogP contribution in [0.1, 0.15) is 13.8 Å². The Balaban J connectivity index is 2.54. The maximum atomic E-state index is 4.81. The van der Waals surface area contributed by atoms with Crippen molar-refractivity contribution in [1.82, 2.24) is 0 Å².